The fraction of sp³-hybridized carbons (Fsp3) is 0.500. The van der Waals surface area contributed by atoms with Crippen molar-refractivity contribution in [1.29, 1.82) is 0 Å². The minimum atomic E-state index is -0.640. The first-order valence-corrected chi connectivity index (χ1v) is 11.2. The number of piperidine rings is 1. The summed E-state index contributed by atoms with van der Waals surface area (Å²) in [6, 6.07) is 5.75. The van der Waals surface area contributed by atoms with E-state index in [0.29, 0.717) is 42.5 Å². The van der Waals surface area contributed by atoms with Crippen LogP contribution in [0, 0.1) is 5.82 Å². The van der Waals surface area contributed by atoms with E-state index in [0.717, 1.165) is 19.5 Å². The summed E-state index contributed by atoms with van der Waals surface area (Å²) in [6.45, 7) is 9.47. The Bertz CT molecular complexity index is 899. The molecule has 0 unspecified atom stereocenters. The molecule has 3 heterocycles. The van der Waals surface area contributed by atoms with Crippen molar-refractivity contribution in [2.24, 2.45) is 0 Å². The first-order valence-electron chi connectivity index (χ1n) is 11.2. The van der Waals surface area contributed by atoms with Crippen molar-refractivity contribution in [3.63, 3.8) is 0 Å². The van der Waals surface area contributed by atoms with Crippen molar-refractivity contribution in [2.75, 3.05) is 32.7 Å². The van der Waals surface area contributed by atoms with E-state index in [1.54, 1.807) is 23.1 Å². The van der Waals surface area contributed by atoms with Gasteiger partial charge >= 0.3 is 6.03 Å². The lowest BCUT2D eigenvalue weighted by Crippen LogP contribution is -2.47. The van der Waals surface area contributed by atoms with E-state index in [1.807, 2.05) is 4.90 Å². The van der Waals surface area contributed by atoms with Gasteiger partial charge < -0.3 is 15.1 Å². The lowest BCUT2D eigenvalue weighted by Gasteiger charge is -2.33. The number of amides is 3. The maximum atomic E-state index is 13.9. The second-order valence-electron chi connectivity index (χ2n) is 8.66. The number of likely N-dealkylation sites (tertiary alicyclic amines) is 1. The number of benzene rings is 1. The standard InChI is InChI=1S/C24H31FN4O2/c1-3-11-29-20-16-28(14-7-13-27-12-5-4-8-17(27)2)23(30)21(20)22(26-24(29)31)18-9-6-10-19(25)15-18/h3,6,9-10,15,17,22H,1,4-5,7-8,11-14,16H2,2H3,(H,26,31)/t17-,22-/m0/s1. The average molecular weight is 427 g/mol. The van der Waals surface area contributed by atoms with Gasteiger partial charge in [0.15, 0.2) is 0 Å². The quantitative estimate of drug-likeness (QED) is 0.680. The van der Waals surface area contributed by atoms with Gasteiger partial charge in [0.1, 0.15) is 5.82 Å². The van der Waals surface area contributed by atoms with Crippen LogP contribution in [0.1, 0.15) is 44.2 Å². The number of hydrogen-bond acceptors (Lipinski definition) is 3. The third-order valence-corrected chi connectivity index (χ3v) is 6.60. The van der Waals surface area contributed by atoms with Gasteiger partial charge in [-0.25, -0.2) is 9.18 Å². The van der Waals surface area contributed by atoms with Crippen LogP contribution in [0.2, 0.25) is 0 Å². The molecule has 31 heavy (non-hydrogen) atoms. The maximum Gasteiger partial charge on any atom is 0.322 e. The summed E-state index contributed by atoms with van der Waals surface area (Å²) >= 11 is 0. The van der Waals surface area contributed by atoms with Crippen LogP contribution in [0.15, 0.2) is 48.2 Å². The average Bonchev–Trinajstić information content (AvgIpc) is 3.07. The number of rotatable bonds is 7. The van der Waals surface area contributed by atoms with Gasteiger partial charge in [0.05, 0.1) is 23.9 Å². The number of hydrogen-bond donors (Lipinski definition) is 1. The zero-order valence-electron chi connectivity index (χ0n) is 18.1. The van der Waals surface area contributed by atoms with Crippen LogP contribution in [-0.4, -0.2) is 65.4 Å². The number of carbonyl (C=O) groups is 2. The third kappa shape index (κ3) is 4.37. The highest BCUT2D eigenvalue weighted by atomic mass is 19.1. The highest BCUT2D eigenvalue weighted by Crippen LogP contribution is 2.36. The van der Waals surface area contributed by atoms with Crippen LogP contribution in [0.3, 0.4) is 0 Å². The van der Waals surface area contributed by atoms with Crippen molar-refractivity contribution in [1.82, 2.24) is 20.0 Å². The molecule has 1 aromatic carbocycles. The van der Waals surface area contributed by atoms with Gasteiger partial charge in [-0.2, -0.15) is 0 Å². The Morgan fingerprint density at radius 3 is 2.84 bits per heavy atom. The molecule has 0 spiro atoms. The molecule has 3 aliphatic rings. The molecule has 3 amide bonds. The van der Waals surface area contributed by atoms with E-state index in [4.69, 9.17) is 0 Å². The van der Waals surface area contributed by atoms with Crippen molar-refractivity contribution >= 4 is 11.9 Å². The maximum absolute atomic E-state index is 13.9. The molecule has 0 radical (unpaired) electrons. The molecule has 0 saturated carbocycles. The predicted molar refractivity (Wildman–Crippen MR) is 118 cm³/mol. The van der Waals surface area contributed by atoms with Crippen molar-refractivity contribution in [2.45, 2.75) is 44.7 Å². The molecule has 7 heteroatoms. The molecular weight excluding hydrogens is 395 g/mol. The summed E-state index contributed by atoms with van der Waals surface area (Å²) in [5, 5.41) is 2.89. The number of halogens is 1. The fourth-order valence-corrected chi connectivity index (χ4v) is 4.94. The van der Waals surface area contributed by atoms with Gasteiger partial charge in [-0.3, -0.25) is 9.69 Å². The summed E-state index contributed by atoms with van der Waals surface area (Å²) in [5.74, 6) is -0.467. The van der Waals surface area contributed by atoms with Gasteiger partial charge in [-0.15, -0.1) is 6.58 Å². The molecule has 0 bridgehead atoms. The van der Waals surface area contributed by atoms with E-state index in [1.165, 1.54) is 31.4 Å². The van der Waals surface area contributed by atoms with Gasteiger partial charge in [0.25, 0.3) is 5.91 Å². The van der Waals surface area contributed by atoms with Crippen LogP contribution < -0.4 is 5.32 Å². The summed E-state index contributed by atoms with van der Waals surface area (Å²) in [5.41, 5.74) is 1.82. The highest BCUT2D eigenvalue weighted by molar-refractivity contribution is 6.01. The number of urea groups is 1. The molecule has 1 aromatic rings. The lowest BCUT2D eigenvalue weighted by atomic mass is 9.95. The predicted octanol–water partition coefficient (Wildman–Crippen LogP) is 3.44. The van der Waals surface area contributed by atoms with Gasteiger partial charge in [0, 0.05) is 25.7 Å². The molecule has 4 rings (SSSR count). The number of nitrogens with zero attached hydrogens (tertiary/aromatic N) is 3. The first kappa shape index (κ1) is 21.6. The van der Waals surface area contributed by atoms with E-state index < -0.39 is 6.04 Å². The molecule has 0 aliphatic carbocycles. The first-order chi connectivity index (χ1) is 15.0. The van der Waals surface area contributed by atoms with Crippen LogP contribution in [0.5, 0.6) is 0 Å². The summed E-state index contributed by atoms with van der Waals surface area (Å²) in [4.78, 5) is 32.0. The van der Waals surface area contributed by atoms with Crippen LogP contribution >= 0.6 is 0 Å². The molecule has 2 atom stereocenters. The topological polar surface area (TPSA) is 55.9 Å². The summed E-state index contributed by atoms with van der Waals surface area (Å²) in [7, 11) is 0. The minimum absolute atomic E-state index is 0.0787. The SMILES string of the molecule is C=CCN1C(=O)N[C@@H](c2cccc(F)c2)C2=C1CN(CCCN1CCCC[C@@H]1C)C2=O. The van der Waals surface area contributed by atoms with Crippen LogP contribution in [0.25, 0.3) is 0 Å². The van der Waals surface area contributed by atoms with Crippen LogP contribution in [0.4, 0.5) is 9.18 Å². The second-order valence-corrected chi connectivity index (χ2v) is 8.66. The Morgan fingerprint density at radius 1 is 1.26 bits per heavy atom. The van der Waals surface area contributed by atoms with E-state index >= 15 is 0 Å². The summed E-state index contributed by atoms with van der Waals surface area (Å²) < 4.78 is 13.9. The van der Waals surface area contributed by atoms with Crippen LogP contribution in [-0.2, 0) is 4.79 Å². The zero-order valence-corrected chi connectivity index (χ0v) is 18.1. The van der Waals surface area contributed by atoms with E-state index in [2.05, 4.69) is 23.7 Å². The number of carbonyl (C=O) groups excluding carboxylic acids is 2. The van der Waals surface area contributed by atoms with Crippen molar-refractivity contribution in [3.05, 3.63) is 59.6 Å². The lowest BCUT2D eigenvalue weighted by molar-refractivity contribution is -0.125. The van der Waals surface area contributed by atoms with Gasteiger partial charge in [-0.1, -0.05) is 24.6 Å². The van der Waals surface area contributed by atoms with E-state index in [-0.39, 0.29) is 17.8 Å². The van der Waals surface area contributed by atoms with Gasteiger partial charge in [-0.05, 0) is 50.4 Å². The molecular formula is C24H31FN4O2. The molecule has 6 nitrogen and oxygen atoms in total. The monoisotopic (exact) mass is 426 g/mol. The van der Waals surface area contributed by atoms with Gasteiger partial charge in [0.2, 0.25) is 0 Å². The molecule has 1 N–H and O–H groups in total. The molecule has 0 aromatic heterocycles. The second kappa shape index (κ2) is 9.22. The Kier molecular flexibility index (Phi) is 6.41. The fourth-order valence-electron chi connectivity index (χ4n) is 4.94. The minimum Gasteiger partial charge on any atom is -0.333 e. The summed E-state index contributed by atoms with van der Waals surface area (Å²) in [6.07, 6.45) is 6.31. The van der Waals surface area contributed by atoms with Crippen molar-refractivity contribution in [3.8, 4) is 0 Å². The third-order valence-electron chi connectivity index (χ3n) is 6.60. The zero-order chi connectivity index (χ0) is 22.0. The Labute approximate surface area is 183 Å². The normalized spacial score (nSPS) is 24.5. The molecule has 1 fully saturated rings. The largest absolute Gasteiger partial charge is 0.333 e. The van der Waals surface area contributed by atoms with Crippen molar-refractivity contribution < 1.29 is 14.0 Å². The Hall–Kier alpha value is -2.67. The molecule has 166 valence electrons. The molecule has 3 aliphatic heterocycles. The smallest absolute Gasteiger partial charge is 0.322 e. The highest BCUT2D eigenvalue weighted by Gasteiger charge is 2.43. The Balaban J connectivity index is 1.52. The van der Waals surface area contributed by atoms with E-state index in [9.17, 15) is 14.0 Å². The molecule has 1 saturated heterocycles. The number of nitrogens with one attached hydrogen (secondary N) is 1. The Morgan fingerprint density at radius 2 is 2.10 bits per heavy atom.